The SMILES string of the molecule is CC(C)CCNC(=O)CNCC(=O)N1CCCC1. The number of likely N-dealkylation sites (tertiary alicyclic amines) is 1. The van der Waals surface area contributed by atoms with Gasteiger partial charge in [-0.05, 0) is 25.2 Å². The summed E-state index contributed by atoms with van der Waals surface area (Å²) < 4.78 is 0. The Morgan fingerprint density at radius 1 is 1.17 bits per heavy atom. The summed E-state index contributed by atoms with van der Waals surface area (Å²) in [6.07, 6.45) is 3.18. The van der Waals surface area contributed by atoms with E-state index in [0.29, 0.717) is 12.5 Å². The maximum absolute atomic E-state index is 11.7. The molecule has 1 aliphatic rings. The quantitative estimate of drug-likeness (QED) is 0.690. The molecule has 104 valence electrons. The van der Waals surface area contributed by atoms with Gasteiger partial charge in [0, 0.05) is 19.6 Å². The van der Waals surface area contributed by atoms with E-state index >= 15 is 0 Å². The number of carbonyl (C=O) groups excluding carboxylic acids is 2. The predicted octanol–water partition coefficient (Wildman–Crippen LogP) is 0.361. The van der Waals surface area contributed by atoms with Gasteiger partial charge in [0.25, 0.3) is 0 Å². The molecule has 0 radical (unpaired) electrons. The molecule has 0 aliphatic carbocycles. The maximum Gasteiger partial charge on any atom is 0.236 e. The molecule has 1 saturated heterocycles. The second kappa shape index (κ2) is 8.08. The summed E-state index contributed by atoms with van der Waals surface area (Å²) in [6.45, 7) is 7.16. The fourth-order valence-corrected chi connectivity index (χ4v) is 1.92. The van der Waals surface area contributed by atoms with Crippen molar-refractivity contribution in [1.29, 1.82) is 0 Å². The minimum absolute atomic E-state index is 0.0372. The van der Waals surface area contributed by atoms with E-state index in [2.05, 4.69) is 24.5 Å². The van der Waals surface area contributed by atoms with Gasteiger partial charge in [0.2, 0.25) is 11.8 Å². The van der Waals surface area contributed by atoms with Crippen molar-refractivity contribution in [2.45, 2.75) is 33.1 Å². The Labute approximate surface area is 109 Å². The van der Waals surface area contributed by atoms with Crippen LogP contribution in [0.25, 0.3) is 0 Å². The molecular weight excluding hydrogens is 230 g/mol. The van der Waals surface area contributed by atoms with Crippen molar-refractivity contribution < 1.29 is 9.59 Å². The van der Waals surface area contributed by atoms with Crippen molar-refractivity contribution in [3.8, 4) is 0 Å². The minimum Gasteiger partial charge on any atom is -0.355 e. The van der Waals surface area contributed by atoms with Crippen molar-refractivity contribution in [3.63, 3.8) is 0 Å². The molecule has 1 rings (SSSR count). The summed E-state index contributed by atoms with van der Waals surface area (Å²) in [5.74, 6) is 0.655. The zero-order valence-electron chi connectivity index (χ0n) is 11.5. The minimum atomic E-state index is -0.0372. The monoisotopic (exact) mass is 255 g/mol. The Balaban J connectivity index is 2.02. The van der Waals surface area contributed by atoms with E-state index in [1.165, 1.54) is 0 Å². The number of nitrogens with one attached hydrogen (secondary N) is 2. The number of rotatable bonds is 7. The Bertz CT molecular complexity index is 273. The zero-order valence-corrected chi connectivity index (χ0v) is 11.5. The van der Waals surface area contributed by atoms with Crippen molar-refractivity contribution in [2.75, 3.05) is 32.7 Å². The first-order chi connectivity index (χ1) is 8.59. The van der Waals surface area contributed by atoms with Crippen LogP contribution in [-0.4, -0.2) is 49.4 Å². The highest BCUT2D eigenvalue weighted by atomic mass is 16.2. The lowest BCUT2D eigenvalue weighted by Crippen LogP contribution is -2.41. The first-order valence-corrected chi connectivity index (χ1v) is 6.85. The first-order valence-electron chi connectivity index (χ1n) is 6.85. The molecule has 5 heteroatoms. The molecular formula is C13H25N3O2. The van der Waals surface area contributed by atoms with Gasteiger partial charge in [-0.3, -0.25) is 14.9 Å². The zero-order chi connectivity index (χ0) is 13.4. The summed E-state index contributed by atoms with van der Waals surface area (Å²) >= 11 is 0. The molecule has 1 fully saturated rings. The molecule has 1 aliphatic heterocycles. The highest BCUT2D eigenvalue weighted by Gasteiger charge is 2.17. The average Bonchev–Trinajstić information content (AvgIpc) is 2.81. The largest absolute Gasteiger partial charge is 0.355 e. The molecule has 0 atom stereocenters. The molecule has 0 aromatic heterocycles. The Morgan fingerprint density at radius 2 is 1.83 bits per heavy atom. The topological polar surface area (TPSA) is 61.4 Å². The molecule has 2 amide bonds. The predicted molar refractivity (Wildman–Crippen MR) is 71.1 cm³/mol. The van der Waals surface area contributed by atoms with Crippen molar-refractivity contribution in [3.05, 3.63) is 0 Å². The van der Waals surface area contributed by atoms with Crippen LogP contribution in [0.1, 0.15) is 33.1 Å². The summed E-state index contributed by atoms with van der Waals surface area (Å²) in [5.41, 5.74) is 0. The molecule has 0 bridgehead atoms. The van der Waals surface area contributed by atoms with Gasteiger partial charge in [-0.25, -0.2) is 0 Å². The first kappa shape index (κ1) is 15.0. The smallest absolute Gasteiger partial charge is 0.236 e. The van der Waals surface area contributed by atoms with Crippen LogP contribution in [0.3, 0.4) is 0 Å². The normalized spacial score (nSPS) is 15.2. The number of amides is 2. The van der Waals surface area contributed by atoms with Crippen molar-refractivity contribution >= 4 is 11.8 Å². The summed E-state index contributed by atoms with van der Waals surface area (Å²) in [6, 6.07) is 0. The fourth-order valence-electron chi connectivity index (χ4n) is 1.92. The second-order valence-corrected chi connectivity index (χ2v) is 5.22. The third kappa shape index (κ3) is 6.00. The van der Waals surface area contributed by atoms with Crippen LogP contribution in [-0.2, 0) is 9.59 Å². The molecule has 0 spiro atoms. The number of hydrogen-bond donors (Lipinski definition) is 2. The van der Waals surface area contributed by atoms with Crippen LogP contribution in [0.4, 0.5) is 0 Å². The number of nitrogens with zero attached hydrogens (tertiary/aromatic N) is 1. The van der Waals surface area contributed by atoms with Gasteiger partial charge in [-0.15, -0.1) is 0 Å². The molecule has 1 heterocycles. The van der Waals surface area contributed by atoms with Crippen LogP contribution < -0.4 is 10.6 Å². The van der Waals surface area contributed by atoms with Crippen LogP contribution in [0.2, 0.25) is 0 Å². The molecule has 0 saturated carbocycles. The highest BCUT2D eigenvalue weighted by molar-refractivity contribution is 5.81. The van der Waals surface area contributed by atoms with Gasteiger partial charge >= 0.3 is 0 Å². The van der Waals surface area contributed by atoms with Crippen LogP contribution >= 0.6 is 0 Å². The van der Waals surface area contributed by atoms with Gasteiger partial charge in [-0.2, -0.15) is 0 Å². The summed E-state index contributed by atoms with van der Waals surface area (Å²) in [7, 11) is 0. The van der Waals surface area contributed by atoms with E-state index in [4.69, 9.17) is 0 Å². The standard InChI is InChI=1S/C13H25N3O2/c1-11(2)5-6-15-12(17)9-14-10-13(18)16-7-3-4-8-16/h11,14H,3-10H2,1-2H3,(H,15,17). The van der Waals surface area contributed by atoms with E-state index in [9.17, 15) is 9.59 Å². The Hall–Kier alpha value is -1.10. The summed E-state index contributed by atoms with van der Waals surface area (Å²) in [4.78, 5) is 24.9. The third-order valence-electron chi connectivity index (χ3n) is 3.06. The van der Waals surface area contributed by atoms with Crippen LogP contribution in [0.15, 0.2) is 0 Å². The van der Waals surface area contributed by atoms with E-state index in [-0.39, 0.29) is 24.9 Å². The molecule has 0 unspecified atom stereocenters. The lowest BCUT2D eigenvalue weighted by molar-refractivity contribution is -0.129. The fraction of sp³-hybridized carbons (Fsp3) is 0.846. The van der Waals surface area contributed by atoms with Crippen LogP contribution in [0, 0.1) is 5.92 Å². The molecule has 18 heavy (non-hydrogen) atoms. The lowest BCUT2D eigenvalue weighted by atomic mass is 10.1. The average molecular weight is 255 g/mol. The Morgan fingerprint density at radius 3 is 2.44 bits per heavy atom. The van der Waals surface area contributed by atoms with E-state index in [1.54, 1.807) is 0 Å². The molecule has 2 N–H and O–H groups in total. The maximum atomic E-state index is 11.7. The molecule has 0 aromatic rings. The number of carbonyl (C=O) groups is 2. The highest BCUT2D eigenvalue weighted by Crippen LogP contribution is 2.06. The van der Waals surface area contributed by atoms with Gasteiger partial charge in [-0.1, -0.05) is 13.8 Å². The van der Waals surface area contributed by atoms with Crippen molar-refractivity contribution in [1.82, 2.24) is 15.5 Å². The molecule has 0 aromatic carbocycles. The summed E-state index contributed by atoms with van der Waals surface area (Å²) in [5, 5.41) is 5.73. The van der Waals surface area contributed by atoms with E-state index in [1.807, 2.05) is 4.90 Å². The van der Waals surface area contributed by atoms with Crippen molar-refractivity contribution in [2.24, 2.45) is 5.92 Å². The second-order valence-electron chi connectivity index (χ2n) is 5.22. The van der Waals surface area contributed by atoms with Gasteiger partial charge in [0.15, 0.2) is 0 Å². The number of hydrogen-bond acceptors (Lipinski definition) is 3. The van der Waals surface area contributed by atoms with Gasteiger partial charge < -0.3 is 10.2 Å². The third-order valence-corrected chi connectivity index (χ3v) is 3.06. The van der Waals surface area contributed by atoms with Gasteiger partial charge in [0.05, 0.1) is 13.1 Å². The van der Waals surface area contributed by atoms with E-state index < -0.39 is 0 Å². The molecule has 5 nitrogen and oxygen atoms in total. The van der Waals surface area contributed by atoms with Gasteiger partial charge in [0.1, 0.15) is 0 Å². The van der Waals surface area contributed by atoms with Crippen LogP contribution in [0.5, 0.6) is 0 Å². The lowest BCUT2D eigenvalue weighted by Gasteiger charge is -2.15. The Kier molecular flexibility index (Phi) is 6.72. The van der Waals surface area contributed by atoms with E-state index in [0.717, 1.165) is 32.4 Å².